The lowest BCUT2D eigenvalue weighted by Gasteiger charge is -2.29. The highest BCUT2D eigenvalue weighted by atomic mass is 16.2. The lowest BCUT2D eigenvalue weighted by molar-refractivity contribution is -0.130. The molecule has 0 radical (unpaired) electrons. The van der Waals surface area contributed by atoms with Crippen LogP contribution in [0.2, 0.25) is 0 Å². The second-order valence-electron chi connectivity index (χ2n) is 9.78. The van der Waals surface area contributed by atoms with Gasteiger partial charge in [-0.15, -0.1) is 0 Å². The van der Waals surface area contributed by atoms with Gasteiger partial charge < -0.3 is 4.90 Å². The van der Waals surface area contributed by atoms with Crippen molar-refractivity contribution in [1.82, 2.24) is 24.4 Å². The molecule has 7 heteroatoms. The Morgan fingerprint density at radius 3 is 2.78 bits per heavy atom. The van der Waals surface area contributed by atoms with Crippen LogP contribution in [0, 0.1) is 12.8 Å². The van der Waals surface area contributed by atoms with Crippen LogP contribution >= 0.6 is 0 Å². The molecule has 5 rings (SSSR count). The Bertz CT molecular complexity index is 1060. The summed E-state index contributed by atoms with van der Waals surface area (Å²) in [6.45, 7) is 5.83. The summed E-state index contributed by atoms with van der Waals surface area (Å²) in [5.41, 5.74) is 3.11. The van der Waals surface area contributed by atoms with Gasteiger partial charge in [0.1, 0.15) is 0 Å². The summed E-state index contributed by atoms with van der Waals surface area (Å²) in [6.07, 6.45) is 13.6. The highest BCUT2D eigenvalue weighted by Crippen LogP contribution is 2.33. The molecule has 2 aromatic heterocycles. The van der Waals surface area contributed by atoms with Crippen LogP contribution in [-0.4, -0.2) is 56.5 Å². The van der Waals surface area contributed by atoms with E-state index in [1.54, 1.807) is 4.52 Å². The van der Waals surface area contributed by atoms with Crippen molar-refractivity contribution in [2.24, 2.45) is 5.92 Å². The molecule has 0 aromatic carbocycles. The van der Waals surface area contributed by atoms with Crippen molar-refractivity contribution >= 4 is 11.6 Å². The quantitative estimate of drug-likeness (QED) is 0.703. The van der Waals surface area contributed by atoms with Crippen molar-refractivity contribution in [2.75, 3.05) is 26.2 Å². The zero-order valence-electron chi connectivity index (χ0n) is 19.2. The minimum absolute atomic E-state index is 0.0602. The summed E-state index contributed by atoms with van der Waals surface area (Å²) in [6, 6.07) is 2.37. The van der Waals surface area contributed by atoms with E-state index in [0.29, 0.717) is 30.1 Å². The minimum atomic E-state index is -0.0602. The average Bonchev–Trinajstić information content (AvgIpc) is 3.55. The number of aryl methyl sites for hydroxylation is 1. The predicted molar refractivity (Wildman–Crippen MR) is 125 cm³/mol. The molecule has 32 heavy (non-hydrogen) atoms. The zero-order valence-corrected chi connectivity index (χ0v) is 19.2. The third kappa shape index (κ3) is 4.27. The third-order valence-electron chi connectivity index (χ3n) is 7.58. The number of nitrogens with zero attached hydrogens (tertiary/aromatic N) is 4. The molecule has 1 N–H and O–H groups in total. The summed E-state index contributed by atoms with van der Waals surface area (Å²) in [5, 5.41) is 3.37. The van der Waals surface area contributed by atoms with Gasteiger partial charge in [-0.2, -0.15) is 0 Å². The van der Waals surface area contributed by atoms with E-state index in [0.717, 1.165) is 62.7 Å². The number of likely N-dealkylation sites (tertiary alicyclic amines) is 2. The predicted octanol–water partition coefficient (Wildman–Crippen LogP) is 3.38. The Morgan fingerprint density at radius 1 is 1.16 bits per heavy atom. The first-order valence-corrected chi connectivity index (χ1v) is 12.4. The summed E-state index contributed by atoms with van der Waals surface area (Å²) in [4.78, 5) is 34.9. The van der Waals surface area contributed by atoms with Crippen LogP contribution in [0.1, 0.15) is 74.4 Å². The Labute approximate surface area is 189 Å². The Morgan fingerprint density at radius 2 is 2.00 bits per heavy atom. The molecule has 0 spiro atoms. The summed E-state index contributed by atoms with van der Waals surface area (Å²) < 4.78 is 1.60. The molecule has 2 fully saturated rings. The van der Waals surface area contributed by atoms with Gasteiger partial charge in [-0.3, -0.25) is 19.6 Å². The van der Waals surface area contributed by atoms with E-state index in [1.807, 2.05) is 11.8 Å². The van der Waals surface area contributed by atoms with E-state index < -0.39 is 0 Å². The molecule has 3 aliphatic rings. The van der Waals surface area contributed by atoms with Crippen LogP contribution in [0.3, 0.4) is 0 Å². The normalized spacial score (nSPS) is 24.1. The number of hydrogen-bond acceptors (Lipinski definition) is 4. The smallest absolute Gasteiger partial charge is 0.276 e. The number of carbonyl (C=O) groups is 1. The highest BCUT2D eigenvalue weighted by molar-refractivity contribution is 5.76. The molecular formula is C25H35N5O2. The molecule has 1 amide bonds. The van der Waals surface area contributed by atoms with Gasteiger partial charge in [0.15, 0.2) is 5.65 Å². The van der Waals surface area contributed by atoms with Crippen LogP contribution in [0.5, 0.6) is 0 Å². The van der Waals surface area contributed by atoms with Crippen molar-refractivity contribution < 1.29 is 4.79 Å². The standard InChI is InChI=1S/C25H35N5O2/c1-18-20(11-12-24(31)28-13-5-6-14-28)25(32)30-23(26-18)16-21(27-30)22-10-7-15-29(22)17-19-8-3-2-4-9-19/h2-3,16,19,22,27H,4-15,17H2,1H3/t19-,22-/m0/s1. The van der Waals surface area contributed by atoms with Gasteiger partial charge in [-0.1, -0.05) is 12.2 Å². The molecule has 2 aromatic rings. The number of fused-ring (bicyclic) bond motifs is 1. The van der Waals surface area contributed by atoms with E-state index in [2.05, 4.69) is 28.2 Å². The Kier molecular flexibility index (Phi) is 6.17. The first-order chi connectivity index (χ1) is 15.6. The highest BCUT2D eigenvalue weighted by Gasteiger charge is 2.30. The van der Waals surface area contributed by atoms with Gasteiger partial charge in [-0.05, 0) is 70.8 Å². The Balaban J connectivity index is 1.34. The average molecular weight is 438 g/mol. The minimum Gasteiger partial charge on any atom is -0.343 e. The second kappa shape index (κ2) is 9.22. The monoisotopic (exact) mass is 437 g/mol. The first-order valence-electron chi connectivity index (χ1n) is 12.4. The van der Waals surface area contributed by atoms with Gasteiger partial charge in [0.05, 0.1) is 11.7 Å². The van der Waals surface area contributed by atoms with Crippen molar-refractivity contribution in [3.8, 4) is 0 Å². The van der Waals surface area contributed by atoms with Crippen LogP contribution in [0.15, 0.2) is 23.0 Å². The summed E-state index contributed by atoms with van der Waals surface area (Å²) >= 11 is 0. The lowest BCUT2D eigenvalue weighted by Crippen LogP contribution is -2.30. The Hall–Kier alpha value is -2.41. The number of aromatic nitrogens is 3. The summed E-state index contributed by atoms with van der Waals surface area (Å²) in [7, 11) is 0. The number of allylic oxidation sites excluding steroid dienone is 2. The van der Waals surface area contributed by atoms with E-state index in [-0.39, 0.29) is 11.5 Å². The number of rotatable bonds is 6. The van der Waals surface area contributed by atoms with Crippen LogP contribution in [0.4, 0.5) is 0 Å². The molecule has 0 unspecified atom stereocenters. The van der Waals surface area contributed by atoms with Crippen molar-refractivity contribution in [3.63, 3.8) is 0 Å². The summed E-state index contributed by atoms with van der Waals surface area (Å²) in [5.74, 6) is 0.880. The van der Waals surface area contributed by atoms with Gasteiger partial charge >= 0.3 is 0 Å². The van der Waals surface area contributed by atoms with Crippen LogP contribution in [0.25, 0.3) is 5.65 Å². The molecule has 4 heterocycles. The number of carbonyl (C=O) groups excluding carboxylic acids is 1. The molecule has 0 bridgehead atoms. The zero-order chi connectivity index (χ0) is 22.1. The second-order valence-corrected chi connectivity index (χ2v) is 9.78. The first kappa shape index (κ1) is 21.4. The fraction of sp³-hybridized carbons (Fsp3) is 0.640. The van der Waals surface area contributed by atoms with Crippen molar-refractivity contribution in [1.29, 1.82) is 0 Å². The number of hydrogen-bond donors (Lipinski definition) is 1. The molecule has 1 aliphatic carbocycles. The maximum absolute atomic E-state index is 13.3. The maximum Gasteiger partial charge on any atom is 0.276 e. The SMILES string of the molecule is Cc1nc2cc([C@@H]3CCCN3C[C@H]3CC=CCC3)[nH]n2c(=O)c1CCC(=O)N1CCCC1. The largest absolute Gasteiger partial charge is 0.343 e. The number of nitrogens with one attached hydrogen (secondary N) is 1. The molecule has 172 valence electrons. The van der Waals surface area contributed by atoms with Gasteiger partial charge in [0.25, 0.3) is 5.56 Å². The van der Waals surface area contributed by atoms with E-state index in [9.17, 15) is 9.59 Å². The molecule has 7 nitrogen and oxygen atoms in total. The molecule has 2 aliphatic heterocycles. The number of amides is 1. The topological polar surface area (TPSA) is 73.7 Å². The molecule has 2 saturated heterocycles. The number of H-pyrrole nitrogens is 1. The van der Waals surface area contributed by atoms with Gasteiger partial charge in [0, 0.05) is 43.4 Å². The third-order valence-corrected chi connectivity index (χ3v) is 7.58. The molecule has 2 atom stereocenters. The lowest BCUT2D eigenvalue weighted by atomic mass is 9.93. The maximum atomic E-state index is 13.3. The number of aromatic amines is 1. The van der Waals surface area contributed by atoms with Crippen molar-refractivity contribution in [2.45, 2.75) is 70.8 Å². The van der Waals surface area contributed by atoms with Gasteiger partial charge in [0.2, 0.25) is 5.91 Å². The van der Waals surface area contributed by atoms with E-state index in [1.165, 1.54) is 25.7 Å². The molecular weight excluding hydrogens is 402 g/mol. The van der Waals surface area contributed by atoms with E-state index >= 15 is 0 Å². The van der Waals surface area contributed by atoms with E-state index in [4.69, 9.17) is 4.98 Å². The molecule has 0 saturated carbocycles. The van der Waals surface area contributed by atoms with Crippen LogP contribution in [-0.2, 0) is 11.2 Å². The van der Waals surface area contributed by atoms with Gasteiger partial charge in [-0.25, -0.2) is 9.50 Å². The van der Waals surface area contributed by atoms with Crippen LogP contribution < -0.4 is 5.56 Å². The van der Waals surface area contributed by atoms with Crippen molar-refractivity contribution in [3.05, 3.63) is 45.5 Å². The fourth-order valence-corrected chi connectivity index (χ4v) is 5.75. The fourth-order valence-electron chi connectivity index (χ4n) is 5.75.